The maximum Gasteiger partial charge on any atom is 1.00 e. The third-order valence-electron chi connectivity index (χ3n) is 1.98. The quantitative estimate of drug-likeness (QED) is 0.611. The van der Waals surface area contributed by atoms with E-state index < -0.39 is 17.4 Å². The molecule has 0 bridgehead atoms. The fraction of sp³-hybridized carbons (Fsp3) is 0. The topological polar surface area (TPSA) is 78.2 Å². The molecule has 0 unspecified atom stereocenters. The molecular formula is C10H6ClN2NaO3. The smallest absolute Gasteiger partial charge is 0.543 e. The van der Waals surface area contributed by atoms with E-state index in [9.17, 15) is 15.0 Å². The molecule has 0 atom stereocenters. The summed E-state index contributed by atoms with van der Waals surface area (Å²) in [6.07, 6.45) is 1.19. The number of carbonyl (C=O) groups is 1. The summed E-state index contributed by atoms with van der Waals surface area (Å²) in [6.45, 7) is 0. The molecule has 1 heterocycles. The second kappa shape index (κ2) is 5.55. The molecule has 0 fully saturated rings. The molecule has 0 aliphatic heterocycles. The van der Waals surface area contributed by atoms with Crippen LogP contribution in [-0.2, 0) is 0 Å². The van der Waals surface area contributed by atoms with Gasteiger partial charge in [0.25, 0.3) is 0 Å². The van der Waals surface area contributed by atoms with Gasteiger partial charge in [-0.25, -0.2) is 4.68 Å². The molecule has 1 aromatic carbocycles. The predicted octanol–water partition coefficient (Wildman–Crippen LogP) is -2.40. The Morgan fingerprint density at radius 3 is 2.41 bits per heavy atom. The molecule has 0 radical (unpaired) electrons. The van der Waals surface area contributed by atoms with Crippen LogP contribution in [0.25, 0.3) is 5.69 Å². The van der Waals surface area contributed by atoms with Gasteiger partial charge in [0, 0.05) is 5.02 Å². The number of aromatic carboxylic acids is 1. The Morgan fingerprint density at radius 1 is 1.35 bits per heavy atom. The van der Waals surface area contributed by atoms with Crippen molar-refractivity contribution < 1.29 is 44.6 Å². The first-order chi connectivity index (χ1) is 7.58. The van der Waals surface area contributed by atoms with Crippen LogP contribution in [0.4, 0.5) is 0 Å². The van der Waals surface area contributed by atoms with Gasteiger partial charge in [-0.3, -0.25) is 0 Å². The number of carboxylic acids is 1. The third-order valence-corrected chi connectivity index (χ3v) is 2.23. The molecule has 82 valence electrons. The minimum Gasteiger partial charge on any atom is -0.543 e. The number of benzene rings is 1. The van der Waals surface area contributed by atoms with Crippen LogP contribution < -0.4 is 34.7 Å². The number of carboxylic acid groups (broad SMARTS) is 1. The van der Waals surface area contributed by atoms with E-state index in [4.69, 9.17) is 11.6 Å². The van der Waals surface area contributed by atoms with Crippen LogP contribution >= 0.6 is 11.6 Å². The molecular weight excluding hydrogens is 255 g/mol. The van der Waals surface area contributed by atoms with E-state index in [1.807, 2.05) is 0 Å². The fourth-order valence-electron chi connectivity index (χ4n) is 1.24. The zero-order valence-electron chi connectivity index (χ0n) is 8.92. The van der Waals surface area contributed by atoms with Crippen LogP contribution in [0, 0.1) is 0 Å². The second-order valence-electron chi connectivity index (χ2n) is 3.07. The fourth-order valence-corrected chi connectivity index (χ4v) is 1.36. The Hall–Kier alpha value is -1.01. The van der Waals surface area contributed by atoms with Crippen LogP contribution in [0.3, 0.4) is 0 Å². The second-order valence-corrected chi connectivity index (χ2v) is 3.51. The van der Waals surface area contributed by atoms with E-state index in [-0.39, 0.29) is 29.6 Å². The molecule has 0 saturated carbocycles. The monoisotopic (exact) mass is 260 g/mol. The van der Waals surface area contributed by atoms with Crippen LogP contribution in [0.5, 0.6) is 5.75 Å². The van der Waals surface area contributed by atoms with Crippen LogP contribution in [-0.4, -0.2) is 20.9 Å². The summed E-state index contributed by atoms with van der Waals surface area (Å²) in [6, 6.07) is 6.56. The number of carbonyl (C=O) groups excluding carboxylic acids is 1. The molecule has 0 amide bonds. The minimum absolute atomic E-state index is 0. The number of rotatable bonds is 2. The van der Waals surface area contributed by atoms with E-state index in [1.54, 1.807) is 24.3 Å². The van der Waals surface area contributed by atoms with Gasteiger partial charge in [-0.15, -0.1) is 0 Å². The number of hydrogen-bond acceptors (Lipinski definition) is 4. The average Bonchev–Trinajstić information content (AvgIpc) is 2.61. The van der Waals surface area contributed by atoms with Gasteiger partial charge in [-0.1, -0.05) is 11.6 Å². The van der Waals surface area contributed by atoms with E-state index in [0.717, 1.165) is 0 Å². The number of aromatic hydroxyl groups is 1. The van der Waals surface area contributed by atoms with Gasteiger partial charge < -0.3 is 15.0 Å². The minimum atomic E-state index is -1.52. The molecule has 0 saturated heterocycles. The predicted molar refractivity (Wildman–Crippen MR) is 54.6 cm³/mol. The summed E-state index contributed by atoms with van der Waals surface area (Å²) in [7, 11) is 0. The van der Waals surface area contributed by atoms with Gasteiger partial charge in [0.1, 0.15) is 5.69 Å². The van der Waals surface area contributed by atoms with Crippen molar-refractivity contribution in [2.24, 2.45) is 0 Å². The van der Waals surface area contributed by atoms with Gasteiger partial charge in [0.15, 0.2) is 5.75 Å². The Bertz CT molecular complexity index is 539. The first-order valence-corrected chi connectivity index (χ1v) is 4.71. The first kappa shape index (κ1) is 14.1. The van der Waals surface area contributed by atoms with Crippen molar-refractivity contribution in [1.29, 1.82) is 0 Å². The zero-order chi connectivity index (χ0) is 11.7. The largest absolute Gasteiger partial charge is 1.00 e. The Kier molecular flexibility index (Phi) is 4.59. The van der Waals surface area contributed by atoms with Crippen molar-refractivity contribution in [2.45, 2.75) is 0 Å². The number of aromatic nitrogens is 2. The number of halogens is 1. The zero-order valence-corrected chi connectivity index (χ0v) is 11.7. The van der Waals surface area contributed by atoms with E-state index in [0.29, 0.717) is 10.7 Å². The maximum absolute atomic E-state index is 10.6. The average molecular weight is 261 g/mol. The molecule has 0 aliphatic carbocycles. The van der Waals surface area contributed by atoms with Crippen molar-refractivity contribution in [1.82, 2.24) is 9.78 Å². The normalized spacial score (nSPS) is 9.71. The van der Waals surface area contributed by atoms with Crippen molar-refractivity contribution in [3.8, 4) is 11.4 Å². The molecule has 1 aromatic heterocycles. The number of nitrogens with zero attached hydrogens (tertiary/aromatic N) is 2. The van der Waals surface area contributed by atoms with Gasteiger partial charge in [-0.05, 0) is 24.3 Å². The van der Waals surface area contributed by atoms with Crippen molar-refractivity contribution in [3.05, 3.63) is 41.2 Å². The van der Waals surface area contributed by atoms with Crippen LogP contribution in [0.15, 0.2) is 30.5 Å². The summed E-state index contributed by atoms with van der Waals surface area (Å²) >= 11 is 5.70. The van der Waals surface area contributed by atoms with E-state index >= 15 is 0 Å². The van der Waals surface area contributed by atoms with Gasteiger partial charge in [-0.2, -0.15) is 5.10 Å². The molecule has 17 heavy (non-hydrogen) atoms. The standard InChI is InChI=1S/C10H7ClN2O3.Na/c11-6-1-3-7(4-2-6)13-5-8(14)9(12-13)10(15)16;/h1-5,14H,(H,15,16);/q;+1/p-1. The van der Waals surface area contributed by atoms with Gasteiger partial charge >= 0.3 is 29.6 Å². The van der Waals surface area contributed by atoms with Gasteiger partial charge in [0.05, 0.1) is 17.9 Å². The summed E-state index contributed by atoms with van der Waals surface area (Å²) in [5, 5.41) is 24.1. The molecule has 2 aromatic rings. The van der Waals surface area contributed by atoms with Gasteiger partial charge in [0.2, 0.25) is 0 Å². The van der Waals surface area contributed by atoms with Crippen molar-refractivity contribution >= 4 is 17.6 Å². The van der Waals surface area contributed by atoms with Crippen LogP contribution in [0.1, 0.15) is 10.5 Å². The van der Waals surface area contributed by atoms with Crippen molar-refractivity contribution in [2.75, 3.05) is 0 Å². The molecule has 0 spiro atoms. The Balaban J connectivity index is 0.00000144. The van der Waals surface area contributed by atoms with Crippen LogP contribution in [0.2, 0.25) is 5.02 Å². The van der Waals surface area contributed by atoms with E-state index in [1.165, 1.54) is 10.9 Å². The molecule has 0 aliphatic rings. The summed E-state index contributed by atoms with van der Waals surface area (Å²) in [5.74, 6) is -1.96. The SMILES string of the molecule is O=C([O-])c1nn(-c2ccc(Cl)cc2)cc1O.[Na+]. The number of hydrogen-bond donors (Lipinski definition) is 1. The van der Waals surface area contributed by atoms with Crippen molar-refractivity contribution in [3.63, 3.8) is 0 Å². The summed E-state index contributed by atoms with van der Waals surface area (Å²) < 4.78 is 1.23. The Labute approximate surface area is 124 Å². The molecule has 5 nitrogen and oxygen atoms in total. The summed E-state index contributed by atoms with van der Waals surface area (Å²) in [4.78, 5) is 10.6. The molecule has 2 rings (SSSR count). The Morgan fingerprint density at radius 2 is 1.94 bits per heavy atom. The third kappa shape index (κ3) is 3.01. The summed E-state index contributed by atoms with van der Waals surface area (Å²) in [5.41, 5.74) is 0.0992. The maximum atomic E-state index is 10.6. The first-order valence-electron chi connectivity index (χ1n) is 4.34. The van der Waals surface area contributed by atoms with E-state index in [2.05, 4.69) is 5.10 Å². The molecule has 1 N–H and O–H groups in total. The molecule has 7 heteroatoms.